The minimum Gasteiger partial charge on any atom is -0.312 e. The van der Waals surface area contributed by atoms with Crippen molar-refractivity contribution in [2.75, 3.05) is 6.54 Å². The maximum Gasteiger partial charge on any atom is 0.0733 e. The summed E-state index contributed by atoms with van der Waals surface area (Å²) in [6.07, 6.45) is 5.41. The van der Waals surface area contributed by atoms with Crippen LogP contribution in [0.1, 0.15) is 39.2 Å². The van der Waals surface area contributed by atoms with Gasteiger partial charge in [0, 0.05) is 17.1 Å². The summed E-state index contributed by atoms with van der Waals surface area (Å²) in [7, 11) is 0. The van der Waals surface area contributed by atoms with Gasteiger partial charge in [-0.1, -0.05) is 24.3 Å². The number of hydrogen-bond donors (Lipinski definition) is 1. The van der Waals surface area contributed by atoms with Gasteiger partial charge in [0.2, 0.25) is 0 Å². The number of aromatic nitrogens is 1. The van der Waals surface area contributed by atoms with Crippen molar-refractivity contribution in [1.29, 1.82) is 0 Å². The maximum absolute atomic E-state index is 4.50. The third-order valence-corrected chi connectivity index (χ3v) is 3.24. The lowest BCUT2D eigenvalue weighted by Gasteiger charge is -2.20. The van der Waals surface area contributed by atoms with E-state index in [0.717, 1.165) is 18.5 Å². The van der Waals surface area contributed by atoms with E-state index in [1.54, 1.807) is 0 Å². The number of fused-ring (bicyclic) bond motifs is 1. The van der Waals surface area contributed by atoms with Crippen LogP contribution in [0, 0.1) is 0 Å². The van der Waals surface area contributed by atoms with Crippen molar-refractivity contribution in [3.63, 3.8) is 0 Å². The van der Waals surface area contributed by atoms with Gasteiger partial charge in [-0.05, 0) is 58.2 Å². The number of rotatable bonds is 5. The average molecular weight is 256 g/mol. The standard InChI is InChI=1S/C17H24N2/c1-17(2,3)19-13-5-4-8-14-9-6-10-15-11-7-12-18-16(14)15/h6-7,9-12,19H,4-5,8,13H2,1-3H3. The molecule has 0 radical (unpaired) electrons. The third-order valence-electron chi connectivity index (χ3n) is 3.24. The number of nitrogens with zero attached hydrogens (tertiary/aromatic N) is 1. The van der Waals surface area contributed by atoms with Gasteiger partial charge in [-0.15, -0.1) is 0 Å². The van der Waals surface area contributed by atoms with Gasteiger partial charge in [0.15, 0.2) is 0 Å². The first-order valence-corrected chi connectivity index (χ1v) is 7.14. The van der Waals surface area contributed by atoms with Crippen LogP contribution in [0.5, 0.6) is 0 Å². The highest BCUT2D eigenvalue weighted by atomic mass is 14.9. The Bertz CT molecular complexity index is 521. The number of pyridine rings is 1. The Morgan fingerprint density at radius 1 is 1.05 bits per heavy atom. The number of hydrogen-bond acceptors (Lipinski definition) is 2. The molecule has 2 nitrogen and oxygen atoms in total. The normalized spacial score (nSPS) is 11.9. The van der Waals surface area contributed by atoms with Crippen molar-refractivity contribution < 1.29 is 0 Å². The van der Waals surface area contributed by atoms with Crippen molar-refractivity contribution in [2.45, 2.75) is 45.6 Å². The molecule has 0 aliphatic rings. The molecular weight excluding hydrogens is 232 g/mol. The Kier molecular flexibility index (Phi) is 4.54. The second kappa shape index (κ2) is 6.16. The second-order valence-electron chi connectivity index (χ2n) is 6.13. The smallest absolute Gasteiger partial charge is 0.0733 e. The van der Waals surface area contributed by atoms with Crippen LogP contribution in [0.15, 0.2) is 36.5 Å². The Hall–Kier alpha value is -1.41. The minimum absolute atomic E-state index is 0.223. The fraction of sp³-hybridized carbons (Fsp3) is 0.471. The number of aryl methyl sites for hydroxylation is 1. The first kappa shape index (κ1) is 14.0. The fourth-order valence-corrected chi connectivity index (χ4v) is 2.27. The van der Waals surface area contributed by atoms with Gasteiger partial charge in [0.1, 0.15) is 0 Å². The molecule has 0 aliphatic heterocycles. The van der Waals surface area contributed by atoms with Crippen LogP contribution in [0.25, 0.3) is 10.9 Å². The van der Waals surface area contributed by atoms with E-state index < -0.39 is 0 Å². The van der Waals surface area contributed by atoms with E-state index in [2.05, 4.69) is 55.3 Å². The SMILES string of the molecule is CC(C)(C)NCCCCc1cccc2cccnc12. The molecule has 2 rings (SSSR count). The van der Waals surface area contributed by atoms with E-state index in [0.29, 0.717) is 0 Å². The molecule has 1 heterocycles. The summed E-state index contributed by atoms with van der Waals surface area (Å²) in [5.74, 6) is 0. The third kappa shape index (κ3) is 4.32. The summed E-state index contributed by atoms with van der Waals surface area (Å²) in [5, 5.41) is 4.77. The van der Waals surface area contributed by atoms with Gasteiger partial charge in [-0.25, -0.2) is 0 Å². The van der Waals surface area contributed by atoms with Crippen molar-refractivity contribution in [2.24, 2.45) is 0 Å². The van der Waals surface area contributed by atoms with Gasteiger partial charge >= 0.3 is 0 Å². The maximum atomic E-state index is 4.50. The number of benzene rings is 1. The average Bonchev–Trinajstić information content (AvgIpc) is 2.37. The van der Waals surface area contributed by atoms with Crippen molar-refractivity contribution in [3.8, 4) is 0 Å². The molecule has 2 aromatic rings. The Morgan fingerprint density at radius 3 is 2.63 bits per heavy atom. The highest BCUT2D eigenvalue weighted by Crippen LogP contribution is 2.17. The summed E-state index contributed by atoms with van der Waals surface area (Å²) in [5.41, 5.74) is 2.75. The molecule has 0 saturated heterocycles. The molecule has 0 fully saturated rings. The van der Waals surface area contributed by atoms with Gasteiger partial charge in [-0.3, -0.25) is 4.98 Å². The van der Waals surface area contributed by atoms with Crippen LogP contribution in [0.2, 0.25) is 0 Å². The molecule has 2 heteroatoms. The summed E-state index contributed by atoms with van der Waals surface area (Å²) >= 11 is 0. The Balaban J connectivity index is 1.88. The Morgan fingerprint density at radius 2 is 1.84 bits per heavy atom. The molecule has 0 aliphatic carbocycles. The van der Waals surface area contributed by atoms with Crippen LogP contribution < -0.4 is 5.32 Å². The summed E-state index contributed by atoms with van der Waals surface area (Å²) in [6, 6.07) is 10.6. The molecule has 0 atom stereocenters. The highest BCUT2D eigenvalue weighted by molar-refractivity contribution is 5.81. The fourth-order valence-electron chi connectivity index (χ4n) is 2.27. The molecule has 0 amide bonds. The van der Waals surface area contributed by atoms with Crippen LogP contribution in [-0.4, -0.2) is 17.1 Å². The number of unbranched alkanes of at least 4 members (excludes halogenated alkanes) is 1. The monoisotopic (exact) mass is 256 g/mol. The van der Waals surface area contributed by atoms with E-state index in [-0.39, 0.29) is 5.54 Å². The highest BCUT2D eigenvalue weighted by Gasteiger charge is 2.07. The minimum atomic E-state index is 0.223. The Labute approximate surface area is 116 Å². The lowest BCUT2D eigenvalue weighted by atomic mass is 10.0. The second-order valence-corrected chi connectivity index (χ2v) is 6.13. The summed E-state index contributed by atoms with van der Waals surface area (Å²) in [4.78, 5) is 4.50. The van der Waals surface area contributed by atoms with E-state index in [1.807, 2.05) is 12.3 Å². The van der Waals surface area contributed by atoms with Gasteiger partial charge < -0.3 is 5.32 Å². The summed E-state index contributed by atoms with van der Waals surface area (Å²) < 4.78 is 0. The largest absolute Gasteiger partial charge is 0.312 e. The lowest BCUT2D eigenvalue weighted by Crippen LogP contribution is -2.36. The molecule has 0 spiro atoms. The van der Waals surface area contributed by atoms with E-state index in [4.69, 9.17) is 0 Å². The topological polar surface area (TPSA) is 24.9 Å². The molecule has 0 saturated carbocycles. The van der Waals surface area contributed by atoms with Crippen LogP contribution in [0.3, 0.4) is 0 Å². The van der Waals surface area contributed by atoms with Crippen LogP contribution in [-0.2, 0) is 6.42 Å². The molecule has 1 aromatic heterocycles. The van der Waals surface area contributed by atoms with Crippen LogP contribution >= 0.6 is 0 Å². The predicted octanol–water partition coefficient (Wildman–Crippen LogP) is 3.95. The van der Waals surface area contributed by atoms with Gasteiger partial charge in [0.05, 0.1) is 5.52 Å². The van der Waals surface area contributed by atoms with Gasteiger partial charge in [0.25, 0.3) is 0 Å². The van der Waals surface area contributed by atoms with Gasteiger partial charge in [-0.2, -0.15) is 0 Å². The number of para-hydroxylation sites is 1. The molecule has 1 aromatic carbocycles. The summed E-state index contributed by atoms with van der Waals surface area (Å²) in [6.45, 7) is 7.71. The van der Waals surface area contributed by atoms with Crippen molar-refractivity contribution in [3.05, 3.63) is 42.1 Å². The molecular formula is C17H24N2. The van der Waals surface area contributed by atoms with E-state index in [1.165, 1.54) is 23.8 Å². The van der Waals surface area contributed by atoms with Crippen molar-refractivity contribution >= 4 is 10.9 Å². The van der Waals surface area contributed by atoms with Crippen LogP contribution in [0.4, 0.5) is 0 Å². The zero-order valence-corrected chi connectivity index (χ0v) is 12.2. The quantitative estimate of drug-likeness (QED) is 0.819. The molecule has 19 heavy (non-hydrogen) atoms. The molecule has 0 unspecified atom stereocenters. The zero-order chi connectivity index (χ0) is 13.7. The van der Waals surface area contributed by atoms with E-state index >= 15 is 0 Å². The zero-order valence-electron chi connectivity index (χ0n) is 12.2. The first-order chi connectivity index (χ1) is 9.06. The lowest BCUT2D eigenvalue weighted by molar-refractivity contribution is 0.419. The first-order valence-electron chi connectivity index (χ1n) is 7.14. The van der Waals surface area contributed by atoms with E-state index in [9.17, 15) is 0 Å². The predicted molar refractivity (Wildman–Crippen MR) is 82.4 cm³/mol. The van der Waals surface area contributed by atoms with Crippen molar-refractivity contribution in [1.82, 2.24) is 10.3 Å². The molecule has 0 bridgehead atoms. The number of nitrogens with one attached hydrogen (secondary N) is 1. The molecule has 1 N–H and O–H groups in total. The molecule has 102 valence electrons.